The summed E-state index contributed by atoms with van der Waals surface area (Å²) in [6, 6.07) is 9.85. The summed E-state index contributed by atoms with van der Waals surface area (Å²) in [5.41, 5.74) is 2.84. The zero-order valence-electron chi connectivity index (χ0n) is 13.1. The SMILES string of the molecule is COc1cc(/C=C2\CCc3ccc(F)cc3C2=O)cc(OC)c1. The van der Waals surface area contributed by atoms with Crippen LogP contribution in [0.1, 0.15) is 27.9 Å². The molecule has 0 aliphatic heterocycles. The standard InChI is InChI=1S/C19H17FO3/c1-22-16-8-12(9-17(11-16)23-2)7-14-4-3-13-5-6-15(20)10-18(13)19(14)21/h5-11H,3-4H2,1-2H3/b14-7+. The number of ether oxygens (including phenoxy) is 2. The second-order valence-electron chi connectivity index (χ2n) is 5.45. The molecule has 1 aliphatic carbocycles. The summed E-state index contributed by atoms with van der Waals surface area (Å²) >= 11 is 0. The van der Waals surface area contributed by atoms with Crippen LogP contribution in [0, 0.1) is 5.82 Å². The topological polar surface area (TPSA) is 35.5 Å². The third kappa shape index (κ3) is 3.11. The quantitative estimate of drug-likeness (QED) is 0.802. The Hall–Kier alpha value is -2.62. The molecule has 3 nitrogen and oxygen atoms in total. The Labute approximate surface area is 134 Å². The molecule has 0 saturated heterocycles. The number of hydrogen-bond donors (Lipinski definition) is 0. The number of hydrogen-bond acceptors (Lipinski definition) is 3. The van der Waals surface area contributed by atoms with E-state index in [0.29, 0.717) is 29.1 Å². The molecule has 0 radical (unpaired) electrons. The van der Waals surface area contributed by atoms with E-state index >= 15 is 0 Å². The highest BCUT2D eigenvalue weighted by atomic mass is 19.1. The van der Waals surface area contributed by atoms with Gasteiger partial charge in [-0.15, -0.1) is 0 Å². The number of benzene rings is 2. The van der Waals surface area contributed by atoms with E-state index in [-0.39, 0.29) is 11.6 Å². The molecular weight excluding hydrogens is 295 g/mol. The predicted octanol–water partition coefficient (Wildman–Crippen LogP) is 4.06. The van der Waals surface area contributed by atoms with Crippen molar-refractivity contribution in [2.45, 2.75) is 12.8 Å². The Morgan fingerprint density at radius 3 is 2.35 bits per heavy atom. The zero-order valence-corrected chi connectivity index (χ0v) is 13.1. The Kier molecular flexibility index (Phi) is 4.15. The lowest BCUT2D eigenvalue weighted by Gasteiger charge is -2.17. The third-order valence-corrected chi connectivity index (χ3v) is 3.99. The normalized spacial score (nSPS) is 15.4. The van der Waals surface area contributed by atoms with Crippen LogP contribution >= 0.6 is 0 Å². The third-order valence-electron chi connectivity index (χ3n) is 3.99. The van der Waals surface area contributed by atoms with Crippen LogP contribution in [-0.2, 0) is 6.42 Å². The lowest BCUT2D eigenvalue weighted by molar-refractivity contribution is 0.102. The molecule has 23 heavy (non-hydrogen) atoms. The van der Waals surface area contributed by atoms with Gasteiger partial charge in [-0.2, -0.15) is 0 Å². The number of carbonyl (C=O) groups is 1. The number of Topliss-reactive ketones (excluding diaryl/α,β-unsaturated/α-hetero) is 1. The van der Waals surface area contributed by atoms with Gasteiger partial charge in [-0.1, -0.05) is 6.07 Å². The minimum absolute atomic E-state index is 0.118. The maximum Gasteiger partial charge on any atom is 0.189 e. The summed E-state index contributed by atoms with van der Waals surface area (Å²) in [4.78, 5) is 12.6. The average molecular weight is 312 g/mol. The fraction of sp³-hybridized carbons (Fsp3) is 0.211. The number of aryl methyl sites for hydroxylation is 1. The van der Waals surface area contributed by atoms with Crippen LogP contribution in [0.3, 0.4) is 0 Å². The van der Waals surface area contributed by atoms with Gasteiger partial charge >= 0.3 is 0 Å². The lowest BCUT2D eigenvalue weighted by atomic mass is 9.86. The van der Waals surface area contributed by atoms with Crippen molar-refractivity contribution in [3.63, 3.8) is 0 Å². The van der Waals surface area contributed by atoms with E-state index in [0.717, 1.165) is 17.5 Å². The molecule has 3 rings (SSSR count). The number of carbonyl (C=O) groups excluding carboxylic acids is 1. The summed E-state index contributed by atoms with van der Waals surface area (Å²) in [6.07, 6.45) is 3.19. The second kappa shape index (κ2) is 6.24. The van der Waals surface area contributed by atoms with E-state index in [2.05, 4.69) is 0 Å². The number of fused-ring (bicyclic) bond motifs is 1. The first-order chi connectivity index (χ1) is 11.1. The van der Waals surface area contributed by atoms with E-state index in [1.807, 2.05) is 18.2 Å². The van der Waals surface area contributed by atoms with Gasteiger partial charge in [0.15, 0.2) is 5.78 Å². The predicted molar refractivity (Wildman–Crippen MR) is 86.6 cm³/mol. The molecule has 0 heterocycles. The maximum absolute atomic E-state index is 13.4. The number of methoxy groups -OCH3 is 2. The molecule has 0 bridgehead atoms. The van der Waals surface area contributed by atoms with Crippen molar-refractivity contribution in [3.05, 3.63) is 64.5 Å². The van der Waals surface area contributed by atoms with Crippen molar-refractivity contribution in [2.24, 2.45) is 0 Å². The van der Waals surface area contributed by atoms with Gasteiger partial charge in [-0.25, -0.2) is 4.39 Å². The van der Waals surface area contributed by atoms with Crippen molar-refractivity contribution >= 4 is 11.9 Å². The molecule has 1 aliphatic rings. The molecule has 0 saturated carbocycles. The van der Waals surface area contributed by atoms with Gasteiger partial charge in [0.05, 0.1) is 14.2 Å². The molecule has 2 aromatic carbocycles. The monoisotopic (exact) mass is 312 g/mol. The number of ketones is 1. The van der Waals surface area contributed by atoms with Gasteiger partial charge in [0, 0.05) is 17.2 Å². The van der Waals surface area contributed by atoms with Gasteiger partial charge in [0.2, 0.25) is 0 Å². The highest BCUT2D eigenvalue weighted by Crippen LogP contribution is 2.29. The molecule has 0 fully saturated rings. The van der Waals surface area contributed by atoms with Gasteiger partial charge in [-0.3, -0.25) is 4.79 Å². The highest BCUT2D eigenvalue weighted by molar-refractivity contribution is 6.13. The fourth-order valence-corrected chi connectivity index (χ4v) is 2.79. The van der Waals surface area contributed by atoms with Crippen molar-refractivity contribution in [1.82, 2.24) is 0 Å². The number of halogens is 1. The van der Waals surface area contributed by atoms with Gasteiger partial charge in [-0.05, 0) is 54.3 Å². The van der Waals surface area contributed by atoms with Gasteiger partial charge < -0.3 is 9.47 Å². The van der Waals surface area contributed by atoms with Crippen LogP contribution in [0.5, 0.6) is 11.5 Å². The Morgan fingerprint density at radius 2 is 1.70 bits per heavy atom. The van der Waals surface area contributed by atoms with Crippen molar-refractivity contribution in [2.75, 3.05) is 14.2 Å². The Morgan fingerprint density at radius 1 is 1.00 bits per heavy atom. The number of allylic oxidation sites excluding steroid dienone is 1. The molecule has 0 atom stereocenters. The summed E-state index contributed by atoms with van der Waals surface area (Å²) in [7, 11) is 3.16. The summed E-state index contributed by atoms with van der Waals surface area (Å²) in [5.74, 6) is 0.811. The second-order valence-corrected chi connectivity index (χ2v) is 5.45. The molecular formula is C19H17FO3. The first kappa shape index (κ1) is 15.3. The molecule has 2 aromatic rings. The number of rotatable bonds is 3. The van der Waals surface area contributed by atoms with Crippen LogP contribution in [-0.4, -0.2) is 20.0 Å². The van der Waals surface area contributed by atoms with E-state index < -0.39 is 0 Å². The average Bonchev–Trinajstić information content (AvgIpc) is 2.57. The van der Waals surface area contributed by atoms with Gasteiger partial charge in [0.25, 0.3) is 0 Å². The smallest absolute Gasteiger partial charge is 0.189 e. The van der Waals surface area contributed by atoms with Crippen LogP contribution < -0.4 is 9.47 Å². The first-order valence-electron chi connectivity index (χ1n) is 7.37. The molecule has 118 valence electrons. The van der Waals surface area contributed by atoms with Crippen LogP contribution in [0.25, 0.3) is 6.08 Å². The van der Waals surface area contributed by atoms with E-state index in [4.69, 9.17) is 9.47 Å². The fourth-order valence-electron chi connectivity index (χ4n) is 2.79. The summed E-state index contributed by atoms with van der Waals surface area (Å²) in [5, 5.41) is 0. The Bertz CT molecular complexity index is 771. The van der Waals surface area contributed by atoms with Crippen LogP contribution in [0.15, 0.2) is 42.0 Å². The van der Waals surface area contributed by atoms with E-state index in [1.165, 1.54) is 12.1 Å². The van der Waals surface area contributed by atoms with Crippen molar-refractivity contribution in [1.29, 1.82) is 0 Å². The van der Waals surface area contributed by atoms with E-state index in [1.54, 1.807) is 26.4 Å². The van der Waals surface area contributed by atoms with Crippen molar-refractivity contribution in [3.8, 4) is 11.5 Å². The molecule has 0 amide bonds. The molecule has 0 unspecified atom stereocenters. The lowest BCUT2D eigenvalue weighted by Crippen LogP contribution is -2.14. The van der Waals surface area contributed by atoms with Crippen LogP contribution in [0.4, 0.5) is 4.39 Å². The molecule has 4 heteroatoms. The maximum atomic E-state index is 13.4. The minimum Gasteiger partial charge on any atom is -0.497 e. The molecule has 0 aromatic heterocycles. The van der Waals surface area contributed by atoms with Crippen molar-refractivity contribution < 1.29 is 18.7 Å². The summed E-state index contributed by atoms with van der Waals surface area (Å²) < 4.78 is 23.9. The molecule has 0 N–H and O–H groups in total. The first-order valence-corrected chi connectivity index (χ1v) is 7.37. The van der Waals surface area contributed by atoms with Crippen LogP contribution in [0.2, 0.25) is 0 Å². The Balaban J connectivity index is 1.99. The zero-order chi connectivity index (χ0) is 16.4. The largest absolute Gasteiger partial charge is 0.497 e. The summed E-state index contributed by atoms with van der Waals surface area (Å²) in [6.45, 7) is 0. The van der Waals surface area contributed by atoms with Gasteiger partial charge in [0.1, 0.15) is 17.3 Å². The highest BCUT2D eigenvalue weighted by Gasteiger charge is 2.22. The minimum atomic E-state index is -0.388. The molecule has 0 spiro atoms. The van der Waals surface area contributed by atoms with E-state index in [9.17, 15) is 9.18 Å².